The van der Waals surface area contributed by atoms with E-state index in [0.29, 0.717) is 0 Å². The lowest BCUT2D eigenvalue weighted by Gasteiger charge is -2.52. The van der Waals surface area contributed by atoms with Crippen molar-refractivity contribution < 1.29 is 302 Å². The minimum atomic E-state index is -3.43. The van der Waals surface area contributed by atoms with Gasteiger partial charge in [-0.15, -0.1) is 0 Å². The fourth-order valence-corrected chi connectivity index (χ4v) is 19.1. The molecular weight excluding hydrogens is 2030 g/mol. The van der Waals surface area contributed by atoms with Crippen molar-refractivity contribution in [3.63, 3.8) is 0 Å². The van der Waals surface area contributed by atoms with E-state index in [1.54, 1.807) is 0 Å². The minimum absolute atomic E-state index is 0.820. The maximum atomic E-state index is 13.8. The Morgan fingerprint density at radius 2 is 0.615 bits per heavy atom. The number of ether oxygens (including phenoxy) is 21. The number of aliphatic hydroxyl groups excluding tert-OH is 31. The lowest BCUT2D eigenvalue weighted by Crippen LogP contribution is -2.72. The first-order valence-corrected chi connectivity index (χ1v) is 46.8. The van der Waals surface area contributed by atoms with Crippen LogP contribution in [0, 0.1) is 0 Å². The number of hydrogen-bond donors (Lipinski definition) is 38. The number of rotatable bonds is 41. The van der Waals surface area contributed by atoms with Gasteiger partial charge in [0.15, 0.2) is 56.6 Å². The van der Waals surface area contributed by atoms with E-state index in [-0.39, 0.29) is 0 Å². The van der Waals surface area contributed by atoms with Gasteiger partial charge in [-0.2, -0.15) is 0 Å². The Morgan fingerprint density at radius 1 is 0.297 bits per heavy atom. The number of nitrogens with one attached hydrogen (secondary N) is 5. The molecule has 11 saturated heterocycles. The maximum absolute atomic E-state index is 13.8. The van der Waals surface area contributed by atoms with Crippen molar-refractivity contribution >= 4 is 41.5 Å². The molecule has 66 heteroatoms. The summed E-state index contributed by atoms with van der Waals surface area (Å²) in [4.78, 5) is 91.4. The maximum Gasteiger partial charge on any atom is 0.364 e. The number of amides is 5. The lowest BCUT2D eigenvalue weighted by molar-refractivity contribution is -0.400. The van der Waals surface area contributed by atoms with Gasteiger partial charge < -0.3 is 295 Å². The van der Waals surface area contributed by atoms with Gasteiger partial charge in [0.2, 0.25) is 29.5 Å². The van der Waals surface area contributed by atoms with Crippen LogP contribution in [-0.4, -0.2) is 625 Å². The molecule has 11 aliphatic heterocycles. The van der Waals surface area contributed by atoms with Gasteiger partial charge in [-0.1, -0.05) is 0 Å². The van der Waals surface area contributed by atoms with E-state index >= 15 is 0 Å². The van der Waals surface area contributed by atoms with E-state index in [4.69, 9.17) is 99.5 Å². The largest absolute Gasteiger partial charge is 0.477 e. The second-order valence-electron chi connectivity index (χ2n) is 37.4. The Hall–Kier alpha value is -5.79. The van der Waals surface area contributed by atoms with Crippen LogP contribution in [0.4, 0.5) is 0 Å². The van der Waals surface area contributed by atoms with Crippen molar-refractivity contribution in [3.8, 4) is 0 Å². The molecule has 66 nitrogen and oxygen atoms in total. The summed E-state index contributed by atoms with van der Waals surface area (Å²) in [6, 6.07) is -9.87. The normalized spacial score (nSPS) is 47.0. The number of carboxylic acids is 2. The van der Waals surface area contributed by atoms with E-state index in [1.165, 1.54) is 6.92 Å². The first kappa shape index (κ1) is 122. The fraction of sp³-hybridized carbons (Fsp3) is 0.915. The molecule has 11 rings (SSSR count). The van der Waals surface area contributed by atoms with Crippen LogP contribution < -0.4 is 26.6 Å². The van der Waals surface area contributed by atoms with Crippen molar-refractivity contribution in [1.82, 2.24) is 26.6 Å². The second-order valence-corrected chi connectivity index (χ2v) is 37.4. The molecule has 11 heterocycles. The quantitative estimate of drug-likeness (QED) is 0.0270. The third kappa shape index (κ3) is 26.8. The molecule has 11 fully saturated rings. The van der Waals surface area contributed by atoms with Crippen molar-refractivity contribution in [2.24, 2.45) is 0 Å². The van der Waals surface area contributed by atoms with E-state index in [1.807, 2.05) is 0 Å². The van der Waals surface area contributed by atoms with Crippen molar-refractivity contribution in [1.29, 1.82) is 0 Å². The van der Waals surface area contributed by atoms with Gasteiger partial charge in [0, 0.05) is 47.5 Å². The summed E-state index contributed by atoms with van der Waals surface area (Å²) in [5, 5.41) is 382. The summed E-state index contributed by atoms with van der Waals surface area (Å²) in [5.41, 5.74) is 0. The molecule has 0 aromatic carbocycles. The first-order chi connectivity index (χ1) is 69.6. The second kappa shape index (κ2) is 52.4. The monoisotopic (exact) mass is 2170 g/mol. The molecule has 148 heavy (non-hydrogen) atoms. The van der Waals surface area contributed by atoms with Crippen LogP contribution in [0.15, 0.2) is 0 Å². The summed E-state index contributed by atoms with van der Waals surface area (Å²) >= 11 is 0. The topological polar surface area (TPSA) is 1040 Å². The van der Waals surface area contributed by atoms with Crippen molar-refractivity contribution in [2.45, 2.75) is 403 Å². The van der Waals surface area contributed by atoms with Crippen molar-refractivity contribution in [2.75, 3.05) is 66.1 Å². The Kier molecular flexibility index (Phi) is 43.3. The van der Waals surface area contributed by atoms with Gasteiger partial charge >= 0.3 is 11.9 Å². The Balaban J connectivity index is 0.856. The molecule has 11 aliphatic rings. The highest BCUT2D eigenvalue weighted by Crippen LogP contribution is 2.45. The molecule has 0 aromatic heterocycles. The zero-order valence-corrected chi connectivity index (χ0v) is 79.4. The molecule has 0 spiro atoms. The highest BCUT2D eigenvalue weighted by atomic mass is 16.8. The van der Waals surface area contributed by atoms with Crippen LogP contribution in [0.25, 0.3) is 0 Å². The number of aliphatic carboxylic acids is 2. The molecule has 0 saturated carbocycles. The summed E-state index contributed by atoms with van der Waals surface area (Å²) < 4.78 is 125. The molecule has 57 atom stereocenters. The highest BCUT2D eigenvalue weighted by Gasteiger charge is 2.66. The van der Waals surface area contributed by atoms with Crippen LogP contribution >= 0.6 is 0 Å². The fourth-order valence-electron chi connectivity index (χ4n) is 19.1. The predicted octanol–water partition coefficient (Wildman–Crippen LogP) is -24.8. The van der Waals surface area contributed by atoms with E-state index in [2.05, 4.69) is 26.6 Å². The molecule has 0 bridgehead atoms. The number of aliphatic hydroxyl groups is 31. The first-order valence-electron chi connectivity index (χ1n) is 46.8. The summed E-state index contributed by atoms with van der Waals surface area (Å²) in [6.07, 6.45) is -115. The Morgan fingerprint density at radius 3 is 1.05 bits per heavy atom. The van der Waals surface area contributed by atoms with Gasteiger partial charge in [-0.05, 0) is 6.92 Å². The third-order valence-electron chi connectivity index (χ3n) is 26.9. The van der Waals surface area contributed by atoms with E-state index < -0.39 is 469 Å². The summed E-state index contributed by atoms with van der Waals surface area (Å²) in [5.74, 6) is -15.8. The predicted molar refractivity (Wildman–Crippen MR) is 453 cm³/mol. The summed E-state index contributed by atoms with van der Waals surface area (Å²) in [7, 11) is 0. The van der Waals surface area contributed by atoms with E-state index in [9.17, 15) is 202 Å². The number of carbonyl (C=O) groups is 7. The van der Waals surface area contributed by atoms with Gasteiger partial charge in [0.05, 0.1) is 96.5 Å². The van der Waals surface area contributed by atoms with Crippen LogP contribution in [0.5, 0.6) is 0 Å². The van der Waals surface area contributed by atoms with Gasteiger partial charge in [0.1, 0.15) is 250 Å². The lowest BCUT2D eigenvalue weighted by atomic mass is 9.88. The van der Waals surface area contributed by atoms with Crippen molar-refractivity contribution in [3.05, 3.63) is 0 Å². The van der Waals surface area contributed by atoms with Crippen LogP contribution in [0.2, 0.25) is 0 Å². The molecule has 0 aromatic rings. The smallest absolute Gasteiger partial charge is 0.364 e. The minimum Gasteiger partial charge on any atom is -0.477 e. The molecule has 5 amide bonds. The standard InChI is InChI=1S/C82H135N5O61/c1-19-42(105)51(114)55(118)74(130-19)142-63-34(16-95)136-73(41(87-24(6)100)66(63)143-78-59(122)69(47(110)30(12-91)133-78)148-82(80(126)127)8-26(102)38(84-21(3)97)65(147-82)44(107)28(104)10-89)145-68-48(111)35(137-77(58(68)121)141-62-31(13-92)131-70(123)54(117)53(62)116)17-128-71-39(85-22(4)98)49(112)60(32(14-93)134-71)140-76-57(120)67(46(109)29(11-90)132-76)144-72-40(86-23(5)99)50(113)61(33(15-94)135-72)139-75-56(119)52(115)45(108)36(138-75)18-129-81(79(124)125)7-25(101)37(83-20(2)96)64(146-81)43(106)27(103)9-88/h19,25-78,88-95,101-123H,7-18H2,1-6H3,(H,83,96)(H,84,97)(H,85,98)(H,86,99)(H,87,100)(H,124,125)(H,126,127)/t19-,25-,26-,27+,28+,29+,30+,31+,32+,33+,34+,35+,36+,37+,38+,39+,40+,41+,42+,43+,44+,45-,46-,47-,48-,49+,50+,51+,52-,53+,54+,55-,56+,57+,58+,59+,60+,61+,62+,63+,64+,65+,66+,67-,68-,69-,70?,71+,72-,73-,74-,75-,76-,77-,78-,81+,82-/m0/s1. The van der Waals surface area contributed by atoms with Crippen LogP contribution in [0.3, 0.4) is 0 Å². The third-order valence-corrected chi connectivity index (χ3v) is 26.9. The molecule has 854 valence electrons. The van der Waals surface area contributed by atoms with Crippen LogP contribution in [0.1, 0.15) is 54.4 Å². The molecule has 1 unspecified atom stereocenters. The molecule has 38 N–H and O–H groups in total. The number of carboxylic acid groups (broad SMARTS) is 2. The average Bonchev–Trinajstić information content (AvgIpc) is 0.756. The Bertz CT molecular complexity index is 4260. The zero-order chi connectivity index (χ0) is 110. The number of carbonyl (C=O) groups excluding carboxylic acids is 5. The molecular formula is C82H135N5O61. The molecule has 0 radical (unpaired) electrons. The Labute approximate surface area is 836 Å². The van der Waals surface area contributed by atoms with Gasteiger partial charge in [0.25, 0.3) is 11.6 Å². The SMILES string of the molecule is CC(=O)N[C@H]1[C@H](O[C@H]2[C@@H](O)[C@@H](CO)O[C@@H](O[C@H]3[C@H](O)[C@@H](NC(C)=O)[C@H](OC[C@H]4O[C@@H](O[C@H]5[C@H](O)[C@@H](O)C(O)O[C@@H]5CO)[C@H](O)[C@@H](O[C@@H]5O[C@H](CO)[C@@H](O[C@@H]6O[C@@H](C)[C@@H](O)[C@@H](O)[C@@H]6O)[C@H](O[C@@H]6O[C@H](CO)[C@H](O)[C@H](O[C@]7(C(=O)O)C[C@H](O)[C@@H](NC(C)=O)[C@H]([C@H](O)[C@H](O)CO)O7)[C@H]6O)[C@H]5NC(C)=O)[C@H]4O)O[C@@H]3CO)[C@@H]2O)O[C@H](CO)[C@@H](O[C@@H]2O[C@H](CO[C@]3(C(=O)O)C[C@H](O)[C@@H](NC(C)=O)[C@H]([C@H](O)[C@H](O)CO)O3)[C@H](O)[C@H](O)[C@H]2O)[C@@H]1O. The zero-order valence-electron chi connectivity index (χ0n) is 79.4. The van der Waals surface area contributed by atoms with Gasteiger partial charge in [-0.25, -0.2) is 9.59 Å². The summed E-state index contributed by atoms with van der Waals surface area (Å²) in [6.45, 7) is -6.90. The van der Waals surface area contributed by atoms with Crippen LogP contribution in [-0.2, 0) is 133 Å². The molecule has 0 aliphatic carbocycles. The highest BCUT2D eigenvalue weighted by molar-refractivity contribution is 5.78. The van der Waals surface area contributed by atoms with Gasteiger partial charge in [-0.3, -0.25) is 24.0 Å². The average molecular weight is 2170 g/mol. The van der Waals surface area contributed by atoms with E-state index in [0.717, 1.165) is 34.6 Å². The number of hydrogen-bond acceptors (Lipinski definition) is 59.